The third-order valence-electron chi connectivity index (χ3n) is 2.72. The zero-order valence-corrected chi connectivity index (χ0v) is 19.0. The fourth-order valence-corrected chi connectivity index (χ4v) is 4.46. The summed E-state index contributed by atoms with van der Waals surface area (Å²) in [5, 5.41) is 0. The summed E-state index contributed by atoms with van der Waals surface area (Å²) >= 11 is 0. The Balaban J connectivity index is 0. The molecular formula is C16H32O8Si2. The van der Waals surface area contributed by atoms with E-state index in [0.717, 1.165) is 18.9 Å². The highest BCUT2D eigenvalue weighted by atomic mass is 28.4. The van der Waals surface area contributed by atoms with Crippen LogP contribution in [0.1, 0.15) is 33.6 Å². The van der Waals surface area contributed by atoms with Crippen LogP contribution in [0.25, 0.3) is 0 Å². The SMILES string of the molecule is C=C(C)C(=O)OCCCC[SiH](OC)OC.CC(=O)O[Si](C)(C)OC(C)=O. The monoisotopic (exact) mass is 408 g/mol. The minimum atomic E-state index is -2.53. The molecule has 0 amide bonds. The lowest BCUT2D eigenvalue weighted by molar-refractivity contribution is -0.140. The molecule has 0 spiro atoms. The van der Waals surface area contributed by atoms with E-state index in [9.17, 15) is 14.4 Å². The van der Waals surface area contributed by atoms with Crippen LogP contribution >= 0.6 is 0 Å². The zero-order valence-electron chi connectivity index (χ0n) is 16.9. The molecule has 0 fully saturated rings. The second-order valence-electron chi connectivity index (χ2n) is 5.90. The van der Waals surface area contributed by atoms with Crippen molar-refractivity contribution in [2.75, 3.05) is 20.8 Å². The van der Waals surface area contributed by atoms with Crippen molar-refractivity contribution < 1.29 is 36.8 Å². The molecule has 0 saturated heterocycles. The summed E-state index contributed by atoms with van der Waals surface area (Å²) in [6, 6.07) is 0.942. The van der Waals surface area contributed by atoms with Gasteiger partial charge in [-0.15, -0.1) is 0 Å². The lowest BCUT2D eigenvalue weighted by Crippen LogP contribution is -2.38. The molecule has 8 nitrogen and oxygen atoms in total. The van der Waals surface area contributed by atoms with Crippen LogP contribution < -0.4 is 0 Å². The normalized spacial score (nSPS) is 10.5. The van der Waals surface area contributed by atoms with Gasteiger partial charge in [0.1, 0.15) is 0 Å². The van der Waals surface area contributed by atoms with Crippen molar-refractivity contribution in [1.29, 1.82) is 0 Å². The molecule has 10 heteroatoms. The van der Waals surface area contributed by atoms with Crippen LogP contribution in [-0.2, 0) is 36.8 Å². The van der Waals surface area contributed by atoms with E-state index in [2.05, 4.69) is 6.58 Å². The molecule has 0 unspecified atom stereocenters. The van der Waals surface area contributed by atoms with Crippen LogP contribution in [0.2, 0.25) is 19.1 Å². The number of esters is 1. The molecule has 0 atom stereocenters. The Bertz CT molecular complexity index is 443. The van der Waals surface area contributed by atoms with E-state index >= 15 is 0 Å². The summed E-state index contributed by atoms with van der Waals surface area (Å²) in [6.45, 7) is 11.4. The Hall–Kier alpha value is -1.50. The highest BCUT2D eigenvalue weighted by Crippen LogP contribution is 2.06. The first kappa shape index (κ1) is 26.7. The standard InChI is InChI=1S/C10H20O4Si.C6H12O4Si/c1-9(2)10(11)14-7-5-6-8-15(12-3)13-4;1-5(7)9-11(3,4)10-6(2)8/h15H,1,5-8H2,2-4H3;1-4H3. The van der Waals surface area contributed by atoms with Crippen molar-refractivity contribution in [3.8, 4) is 0 Å². The molecule has 0 aliphatic heterocycles. The second-order valence-corrected chi connectivity index (χ2v) is 11.5. The maximum atomic E-state index is 11.0. The molecule has 26 heavy (non-hydrogen) atoms. The fraction of sp³-hybridized carbons (Fsp3) is 0.688. The molecule has 0 radical (unpaired) electrons. The number of unbranched alkanes of at least 4 members (excludes halogenated alkanes) is 1. The van der Waals surface area contributed by atoms with Gasteiger partial charge in [0.15, 0.2) is 0 Å². The molecule has 0 bridgehead atoms. The average Bonchev–Trinajstić information content (AvgIpc) is 2.48. The predicted molar refractivity (Wildman–Crippen MR) is 102 cm³/mol. The van der Waals surface area contributed by atoms with Crippen LogP contribution in [0, 0.1) is 0 Å². The molecule has 152 valence electrons. The second kappa shape index (κ2) is 14.7. The van der Waals surface area contributed by atoms with E-state index in [1.54, 1.807) is 34.2 Å². The molecule has 0 aromatic heterocycles. The van der Waals surface area contributed by atoms with Gasteiger partial charge in [0.25, 0.3) is 11.9 Å². The van der Waals surface area contributed by atoms with Gasteiger partial charge in [0.05, 0.1) is 6.61 Å². The van der Waals surface area contributed by atoms with Gasteiger partial charge in [0.2, 0.25) is 0 Å². The van der Waals surface area contributed by atoms with E-state index in [0.29, 0.717) is 12.2 Å². The number of carbonyl (C=O) groups is 3. The largest absolute Gasteiger partial charge is 0.485 e. The third kappa shape index (κ3) is 17.3. The summed E-state index contributed by atoms with van der Waals surface area (Å²) in [7, 11) is -0.629. The van der Waals surface area contributed by atoms with Gasteiger partial charge in [-0.25, -0.2) is 4.79 Å². The molecule has 0 aliphatic rings. The van der Waals surface area contributed by atoms with Crippen molar-refractivity contribution in [3.05, 3.63) is 12.2 Å². The first-order valence-corrected chi connectivity index (χ1v) is 12.8. The Labute approximate surface area is 158 Å². The number of carbonyl (C=O) groups excluding carboxylic acids is 3. The summed E-state index contributed by atoms with van der Waals surface area (Å²) in [6.07, 6.45) is 1.80. The van der Waals surface area contributed by atoms with Crippen molar-refractivity contribution in [2.45, 2.75) is 52.8 Å². The zero-order chi connectivity index (χ0) is 20.8. The van der Waals surface area contributed by atoms with Gasteiger partial charge in [-0.3, -0.25) is 9.59 Å². The summed E-state index contributed by atoms with van der Waals surface area (Å²) in [5.41, 5.74) is 0.441. The quantitative estimate of drug-likeness (QED) is 0.235. The maximum Gasteiger partial charge on any atom is 0.457 e. The maximum absolute atomic E-state index is 11.0. The van der Waals surface area contributed by atoms with Gasteiger partial charge in [0, 0.05) is 46.7 Å². The first-order valence-electron chi connectivity index (χ1n) is 8.22. The van der Waals surface area contributed by atoms with E-state index < -0.39 is 29.8 Å². The van der Waals surface area contributed by atoms with E-state index in [1.807, 2.05) is 0 Å². The van der Waals surface area contributed by atoms with Crippen molar-refractivity contribution in [2.24, 2.45) is 0 Å². The molecule has 0 N–H and O–H groups in total. The fourth-order valence-electron chi connectivity index (χ4n) is 1.75. The van der Waals surface area contributed by atoms with Gasteiger partial charge < -0.3 is 22.4 Å². The van der Waals surface area contributed by atoms with Crippen LogP contribution in [0.15, 0.2) is 12.2 Å². The Morgan fingerprint density at radius 3 is 1.73 bits per heavy atom. The van der Waals surface area contributed by atoms with E-state index in [-0.39, 0.29) is 5.97 Å². The lowest BCUT2D eigenvalue weighted by Gasteiger charge is -2.19. The molecule has 0 saturated carbocycles. The number of rotatable bonds is 10. The van der Waals surface area contributed by atoms with Gasteiger partial charge >= 0.3 is 23.8 Å². The van der Waals surface area contributed by atoms with Gasteiger partial charge in [-0.2, -0.15) is 0 Å². The lowest BCUT2D eigenvalue weighted by atomic mass is 10.3. The number of hydrogen-bond donors (Lipinski definition) is 0. The third-order valence-corrected chi connectivity index (χ3v) is 6.21. The van der Waals surface area contributed by atoms with Gasteiger partial charge in [-0.1, -0.05) is 6.58 Å². The Morgan fingerprint density at radius 1 is 0.923 bits per heavy atom. The van der Waals surface area contributed by atoms with E-state index in [4.69, 9.17) is 22.4 Å². The Kier molecular flexibility index (Phi) is 15.1. The van der Waals surface area contributed by atoms with Crippen molar-refractivity contribution in [1.82, 2.24) is 0 Å². The number of hydrogen-bond acceptors (Lipinski definition) is 8. The Morgan fingerprint density at radius 2 is 1.38 bits per heavy atom. The molecule has 0 aromatic carbocycles. The van der Waals surface area contributed by atoms with Crippen LogP contribution in [0.5, 0.6) is 0 Å². The molecule has 0 aliphatic carbocycles. The first-order chi connectivity index (χ1) is 11.9. The summed E-state index contributed by atoms with van der Waals surface area (Å²) in [5.74, 6) is -1.15. The van der Waals surface area contributed by atoms with Crippen LogP contribution in [-0.4, -0.2) is 56.6 Å². The highest BCUT2D eigenvalue weighted by Gasteiger charge is 2.30. The van der Waals surface area contributed by atoms with Crippen LogP contribution in [0.4, 0.5) is 0 Å². The van der Waals surface area contributed by atoms with Crippen molar-refractivity contribution in [3.63, 3.8) is 0 Å². The number of ether oxygens (including phenoxy) is 1. The molecular weight excluding hydrogens is 376 g/mol. The topological polar surface area (TPSA) is 97.4 Å². The molecule has 0 aromatic rings. The van der Waals surface area contributed by atoms with Crippen molar-refractivity contribution >= 4 is 35.8 Å². The average molecular weight is 409 g/mol. The van der Waals surface area contributed by atoms with Gasteiger partial charge in [-0.05, 0) is 25.8 Å². The predicted octanol–water partition coefficient (Wildman–Crippen LogP) is 2.21. The summed E-state index contributed by atoms with van der Waals surface area (Å²) < 4.78 is 24.9. The van der Waals surface area contributed by atoms with E-state index in [1.165, 1.54) is 13.8 Å². The summed E-state index contributed by atoms with van der Waals surface area (Å²) in [4.78, 5) is 31.9. The molecule has 0 heterocycles. The smallest absolute Gasteiger partial charge is 0.457 e. The van der Waals surface area contributed by atoms with Crippen LogP contribution in [0.3, 0.4) is 0 Å². The highest BCUT2D eigenvalue weighted by molar-refractivity contribution is 6.67. The molecule has 0 rings (SSSR count). The minimum Gasteiger partial charge on any atom is -0.485 e. The minimum absolute atomic E-state index is 0.317.